The van der Waals surface area contributed by atoms with E-state index in [-0.39, 0.29) is 6.04 Å². The van der Waals surface area contributed by atoms with Crippen LogP contribution in [0.25, 0.3) is 0 Å². The lowest BCUT2D eigenvalue weighted by Crippen LogP contribution is -2.33. The maximum absolute atomic E-state index is 6.17. The molecule has 1 aliphatic carbocycles. The molecule has 2 N–H and O–H groups in total. The van der Waals surface area contributed by atoms with Crippen molar-refractivity contribution in [2.45, 2.75) is 24.9 Å². The fourth-order valence-electron chi connectivity index (χ4n) is 1.82. The van der Waals surface area contributed by atoms with Crippen molar-refractivity contribution >= 4 is 11.3 Å². The summed E-state index contributed by atoms with van der Waals surface area (Å²) in [5, 5.41) is 2.09. The zero-order valence-corrected chi connectivity index (χ0v) is 9.75. The Hall–Kier alpha value is -0.640. The monoisotopic (exact) mass is 222 g/mol. The average Bonchev–Trinajstić information content (AvgIpc) is 2.92. The second kappa shape index (κ2) is 4.92. The first kappa shape index (κ1) is 10.9. The van der Waals surface area contributed by atoms with Gasteiger partial charge in [0.1, 0.15) is 0 Å². The van der Waals surface area contributed by atoms with Gasteiger partial charge in [0.15, 0.2) is 0 Å². The predicted octanol–water partition coefficient (Wildman–Crippen LogP) is 2.40. The third-order valence-corrected chi connectivity index (χ3v) is 3.77. The van der Waals surface area contributed by atoms with Gasteiger partial charge in [-0.15, -0.1) is 17.9 Å². The van der Waals surface area contributed by atoms with Crippen molar-refractivity contribution in [3.8, 4) is 0 Å². The maximum Gasteiger partial charge on any atom is 0.0519 e. The SMILES string of the molecule is C=CCN(CC(N)c1cccs1)C1CC1. The van der Waals surface area contributed by atoms with Crippen LogP contribution in [0.2, 0.25) is 0 Å². The minimum absolute atomic E-state index is 0.158. The summed E-state index contributed by atoms with van der Waals surface area (Å²) < 4.78 is 0. The minimum atomic E-state index is 0.158. The van der Waals surface area contributed by atoms with Crippen LogP contribution in [0.1, 0.15) is 23.8 Å². The van der Waals surface area contributed by atoms with Crippen molar-refractivity contribution in [3.63, 3.8) is 0 Å². The van der Waals surface area contributed by atoms with Crippen LogP contribution in [0.4, 0.5) is 0 Å². The lowest BCUT2D eigenvalue weighted by molar-refractivity contribution is 0.275. The minimum Gasteiger partial charge on any atom is -0.322 e. The predicted molar refractivity (Wildman–Crippen MR) is 66.0 cm³/mol. The largest absolute Gasteiger partial charge is 0.322 e. The van der Waals surface area contributed by atoms with Crippen LogP contribution in [0, 0.1) is 0 Å². The highest BCUT2D eigenvalue weighted by Gasteiger charge is 2.29. The molecule has 1 aromatic heterocycles. The molecule has 2 nitrogen and oxygen atoms in total. The lowest BCUT2D eigenvalue weighted by Gasteiger charge is -2.23. The number of hydrogen-bond acceptors (Lipinski definition) is 3. The van der Waals surface area contributed by atoms with Gasteiger partial charge in [-0.2, -0.15) is 0 Å². The summed E-state index contributed by atoms with van der Waals surface area (Å²) in [4.78, 5) is 3.72. The number of nitrogens with two attached hydrogens (primary N) is 1. The van der Waals surface area contributed by atoms with Gasteiger partial charge in [-0.25, -0.2) is 0 Å². The van der Waals surface area contributed by atoms with Gasteiger partial charge in [0.25, 0.3) is 0 Å². The van der Waals surface area contributed by atoms with E-state index < -0.39 is 0 Å². The molecule has 1 unspecified atom stereocenters. The molecule has 0 radical (unpaired) electrons. The Morgan fingerprint density at radius 1 is 1.67 bits per heavy atom. The van der Waals surface area contributed by atoms with E-state index >= 15 is 0 Å². The van der Waals surface area contributed by atoms with E-state index in [0.29, 0.717) is 0 Å². The van der Waals surface area contributed by atoms with Crippen LogP contribution in [0.3, 0.4) is 0 Å². The van der Waals surface area contributed by atoms with Crippen LogP contribution in [-0.4, -0.2) is 24.0 Å². The van der Waals surface area contributed by atoms with E-state index in [0.717, 1.165) is 19.1 Å². The lowest BCUT2D eigenvalue weighted by atomic mass is 10.2. The molecule has 1 atom stereocenters. The molecule has 2 rings (SSSR count). The molecule has 3 heteroatoms. The molecule has 1 saturated carbocycles. The number of hydrogen-bond donors (Lipinski definition) is 1. The van der Waals surface area contributed by atoms with Gasteiger partial charge in [-0.3, -0.25) is 4.90 Å². The van der Waals surface area contributed by atoms with Crippen molar-refractivity contribution in [3.05, 3.63) is 35.0 Å². The van der Waals surface area contributed by atoms with Gasteiger partial charge in [-0.05, 0) is 24.3 Å². The molecule has 1 aromatic rings. The smallest absolute Gasteiger partial charge is 0.0519 e. The van der Waals surface area contributed by atoms with Crippen LogP contribution in [-0.2, 0) is 0 Å². The average molecular weight is 222 g/mol. The van der Waals surface area contributed by atoms with Crippen molar-refractivity contribution in [2.75, 3.05) is 13.1 Å². The normalized spacial score (nSPS) is 18.0. The van der Waals surface area contributed by atoms with E-state index in [4.69, 9.17) is 5.73 Å². The highest BCUT2D eigenvalue weighted by atomic mass is 32.1. The standard InChI is InChI=1S/C12H18N2S/c1-2-7-14(10-5-6-10)9-11(13)12-4-3-8-15-12/h2-4,8,10-11H,1,5-7,9,13H2. The molecule has 15 heavy (non-hydrogen) atoms. The summed E-state index contributed by atoms with van der Waals surface area (Å²) in [6.45, 7) is 5.72. The molecule has 1 aliphatic rings. The quantitative estimate of drug-likeness (QED) is 0.749. The van der Waals surface area contributed by atoms with Gasteiger partial charge in [0.05, 0.1) is 6.04 Å². The Bertz CT molecular complexity index is 303. The van der Waals surface area contributed by atoms with Gasteiger partial charge in [0.2, 0.25) is 0 Å². The fraction of sp³-hybridized carbons (Fsp3) is 0.500. The van der Waals surface area contributed by atoms with Crippen molar-refractivity contribution in [1.29, 1.82) is 0 Å². The Labute approximate surface area is 95.4 Å². The molecular formula is C12H18N2S. The molecule has 1 fully saturated rings. The van der Waals surface area contributed by atoms with Gasteiger partial charge in [0, 0.05) is 24.0 Å². The molecule has 0 spiro atoms. The van der Waals surface area contributed by atoms with E-state index in [1.165, 1.54) is 17.7 Å². The zero-order valence-electron chi connectivity index (χ0n) is 8.93. The summed E-state index contributed by atoms with van der Waals surface area (Å²) in [5.41, 5.74) is 6.17. The van der Waals surface area contributed by atoms with Crippen LogP contribution >= 0.6 is 11.3 Å². The van der Waals surface area contributed by atoms with Crippen molar-refractivity contribution in [2.24, 2.45) is 5.73 Å². The first-order chi connectivity index (χ1) is 7.31. The molecule has 0 aromatic carbocycles. The number of nitrogens with zero attached hydrogens (tertiary/aromatic N) is 1. The van der Waals surface area contributed by atoms with Crippen molar-refractivity contribution in [1.82, 2.24) is 4.90 Å². The van der Waals surface area contributed by atoms with Crippen LogP contribution in [0.5, 0.6) is 0 Å². The molecule has 82 valence electrons. The van der Waals surface area contributed by atoms with Gasteiger partial charge >= 0.3 is 0 Å². The molecule has 0 bridgehead atoms. The Balaban J connectivity index is 1.90. The van der Waals surface area contributed by atoms with E-state index in [2.05, 4.69) is 29.0 Å². The zero-order chi connectivity index (χ0) is 10.7. The summed E-state index contributed by atoms with van der Waals surface area (Å²) in [7, 11) is 0. The van der Waals surface area contributed by atoms with E-state index in [1.807, 2.05) is 6.08 Å². The Kier molecular flexibility index (Phi) is 3.57. The topological polar surface area (TPSA) is 29.3 Å². The highest BCUT2D eigenvalue weighted by molar-refractivity contribution is 7.10. The first-order valence-corrected chi connectivity index (χ1v) is 6.33. The van der Waals surface area contributed by atoms with Gasteiger partial charge in [-0.1, -0.05) is 12.1 Å². The summed E-state index contributed by atoms with van der Waals surface area (Å²) in [6, 6.07) is 5.10. The summed E-state index contributed by atoms with van der Waals surface area (Å²) in [6.07, 6.45) is 4.62. The second-order valence-corrected chi connectivity index (χ2v) is 5.07. The maximum atomic E-state index is 6.17. The molecule has 0 saturated heterocycles. The Morgan fingerprint density at radius 3 is 3.00 bits per heavy atom. The fourth-order valence-corrected chi connectivity index (χ4v) is 2.54. The number of rotatable bonds is 6. The first-order valence-electron chi connectivity index (χ1n) is 5.45. The van der Waals surface area contributed by atoms with E-state index in [1.54, 1.807) is 11.3 Å². The Morgan fingerprint density at radius 2 is 2.47 bits per heavy atom. The van der Waals surface area contributed by atoms with Crippen molar-refractivity contribution < 1.29 is 0 Å². The van der Waals surface area contributed by atoms with E-state index in [9.17, 15) is 0 Å². The highest BCUT2D eigenvalue weighted by Crippen LogP contribution is 2.28. The third-order valence-electron chi connectivity index (χ3n) is 2.77. The molecular weight excluding hydrogens is 204 g/mol. The molecule has 0 amide bonds. The third kappa shape index (κ3) is 2.91. The van der Waals surface area contributed by atoms with Gasteiger partial charge < -0.3 is 5.73 Å². The van der Waals surface area contributed by atoms with Crippen LogP contribution in [0.15, 0.2) is 30.2 Å². The van der Waals surface area contributed by atoms with Crippen LogP contribution < -0.4 is 5.73 Å². The summed E-state index contributed by atoms with van der Waals surface area (Å²) in [5.74, 6) is 0. The number of thiophene rings is 1. The summed E-state index contributed by atoms with van der Waals surface area (Å²) >= 11 is 1.75. The molecule has 0 aliphatic heterocycles. The molecule has 1 heterocycles. The second-order valence-electron chi connectivity index (χ2n) is 4.10.